The summed E-state index contributed by atoms with van der Waals surface area (Å²) < 4.78 is 11.9. The zero-order valence-corrected chi connectivity index (χ0v) is 22.1. The highest BCUT2D eigenvalue weighted by molar-refractivity contribution is 5.41. The Balaban J connectivity index is 1.41. The zero-order chi connectivity index (χ0) is 25.0. The van der Waals surface area contributed by atoms with E-state index in [-0.39, 0.29) is 11.5 Å². The van der Waals surface area contributed by atoms with Crippen LogP contribution in [0.5, 0.6) is 5.75 Å². The largest absolute Gasteiger partial charge is 0.465 e. The van der Waals surface area contributed by atoms with Crippen LogP contribution in [0.3, 0.4) is 0 Å². The number of benzene rings is 1. The second-order valence-electron chi connectivity index (χ2n) is 11.7. The minimum Gasteiger partial charge on any atom is -0.465 e. The van der Waals surface area contributed by atoms with Gasteiger partial charge in [0, 0.05) is 6.42 Å². The van der Waals surface area contributed by atoms with Crippen LogP contribution in [0.1, 0.15) is 115 Å². The van der Waals surface area contributed by atoms with E-state index in [9.17, 15) is 15.3 Å². The summed E-state index contributed by atoms with van der Waals surface area (Å²) in [5.41, 5.74) is 2.64. The lowest BCUT2D eigenvalue weighted by molar-refractivity contribution is -0.170. The molecule has 35 heavy (non-hydrogen) atoms. The highest BCUT2D eigenvalue weighted by atomic mass is 16.6. The van der Waals surface area contributed by atoms with Crippen LogP contribution in [0.25, 0.3) is 0 Å². The van der Waals surface area contributed by atoms with Gasteiger partial charge in [-0.2, -0.15) is 0 Å². The van der Waals surface area contributed by atoms with Crippen molar-refractivity contribution >= 4 is 0 Å². The van der Waals surface area contributed by atoms with Crippen molar-refractivity contribution in [2.45, 2.75) is 135 Å². The van der Waals surface area contributed by atoms with Crippen LogP contribution in [0, 0.1) is 17.3 Å². The summed E-state index contributed by atoms with van der Waals surface area (Å²) in [7, 11) is 0. The van der Waals surface area contributed by atoms with Gasteiger partial charge in [-0.1, -0.05) is 52.5 Å². The third-order valence-corrected chi connectivity index (χ3v) is 9.36. The number of aryl methyl sites for hydroxylation is 1. The molecule has 5 heteroatoms. The Morgan fingerprint density at radius 2 is 1.71 bits per heavy atom. The van der Waals surface area contributed by atoms with Crippen molar-refractivity contribution in [2.75, 3.05) is 0 Å². The average Bonchev–Trinajstić information content (AvgIpc) is 3.09. The predicted octanol–water partition coefficient (Wildman–Crippen LogP) is 6.07. The number of aliphatic hydroxyl groups is 3. The molecule has 198 valence electrons. The van der Waals surface area contributed by atoms with Crippen LogP contribution >= 0.6 is 0 Å². The number of hydrogen-bond donors (Lipinski definition) is 3. The fourth-order valence-electron chi connectivity index (χ4n) is 7.35. The van der Waals surface area contributed by atoms with Crippen LogP contribution in [0.2, 0.25) is 0 Å². The molecule has 1 aromatic rings. The first-order chi connectivity index (χ1) is 16.9. The molecular weight excluding hydrogens is 440 g/mol. The standard InChI is InChI=1S/C30H48O5/c1-4-6-8-10-27(31)34-21-13-15-22-20(18-21)12-14-24-23(22)16-17-30(3)25(24)19-26(29(30)33)35-28(32)11-9-7-5-2/h13,15,18,23-29,31-33H,4-12,14,16-17,19H2,1-3H3/t23-,24-,25+,26-,27?,28?,29+,30+/m1/s1. The third kappa shape index (κ3) is 5.89. The Labute approximate surface area is 212 Å². The predicted molar refractivity (Wildman–Crippen MR) is 138 cm³/mol. The molecule has 5 nitrogen and oxygen atoms in total. The van der Waals surface area contributed by atoms with Crippen molar-refractivity contribution in [3.05, 3.63) is 29.3 Å². The Kier molecular flexibility index (Phi) is 9.18. The first-order valence-corrected chi connectivity index (χ1v) is 14.4. The summed E-state index contributed by atoms with van der Waals surface area (Å²) in [5, 5.41) is 31.9. The summed E-state index contributed by atoms with van der Waals surface area (Å²) in [6, 6.07) is 6.39. The summed E-state index contributed by atoms with van der Waals surface area (Å²) >= 11 is 0. The lowest BCUT2D eigenvalue weighted by atomic mass is 9.55. The molecule has 0 bridgehead atoms. The Morgan fingerprint density at radius 3 is 2.43 bits per heavy atom. The number of aliphatic hydroxyl groups excluding tert-OH is 3. The quantitative estimate of drug-likeness (QED) is 0.246. The summed E-state index contributed by atoms with van der Waals surface area (Å²) in [6.07, 6.45) is 10.5. The second kappa shape index (κ2) is 11.9. The minimum absolute atomic E-state index is 0.141. The molecule has 3 aliphatic carbocycles. The maximum Gasteiger partial charge on any atom is 0.197 e. The van der Waals surface area contributed by atoms with E-state index >= 15 is 0 Å². The molecule has 8 atom stereocenters. The van der Waals surface area contributed by atoms with E-state index in [0.29, 0.717) is 30.6 Å². The second-order valence-corrected chi connectivity index (χ2v) is 11.7. The Bertz CT molecular complexity index is 812. The van der Waals surface area contributed by atoms with Crippen molar-refractivity contribution in [3.63, 3.8) is 0 Å². The highest BCUT2D eigenvalue weighted by Gasteiger charge is 2.58. The van der Waals surface area contributed by atoms with Crippen molar-refractivity contribution in [1.82, 2.24) is 0 Å². The average molecular weight is 489 g/mol. The van der Waals surface area contributed by atoms with Gasteiger partial charge in [-0.15, -0.1) is 0 Å². The van der Waals surface area contributed by atoms with Gasteiger partial charge < -0.3 is 24.8 Å². The summed E-state index contributed by atoms with van der Waals surface area (Å²) in [5.74, 6) is 2.22. The maximum absolute atomic E-state index is 11.3. The lowest BCUT2D eigenvalue weighted by Crippen LogP contribution is -2.45. The molecule has 0 aliphatic heterocycles. The molecule has 2 fully saturated rings. The number of unbranched alkanes of at least 4 members (excludes halogenated alkanes) is 4. The van der Waals surface area contributed by atoms with Gasteiger partial charge >= 0.3 is 0 Å². The number of fused-ring (bicyclic) bond motifs is 5. The molecular formula is C30H48O5. The molecule has 1 aromatic carbocycles. The molecule has 0 amide bonds. The van der Waals surface area contributed by atoms with Crippen LogP contribution in [0.4, 0.5) is 0 Å². The van der Waals surface area contributed by atoms with Crippen molar-refractivity contribution in [1.29, 1.82) is 0 Å². The van der Waals surface area contributed by atoms with Crippen molar-refractivity contribution in [3.8, 4) is 5.75 Å². The smallest absolute Gasteiger partial charge is 0.197 e. The van der Waals surface area contributed by atoms with E-state index in [4.69, 9.17) is 9.47 Å². The molecule has 0 radical (unpaired) electrons. The minimum atomic E-state index is -0.774. The van der Waals surface area contributed by atoms with E-state index in [2.05, 4.69) is 32.9 Å². The van der Waals surface area contributed by atoms with Gasteiger partial charge in [0.25, 0.3) is 0 Å². The van der Waals surface area contributed by atoms with Crippen LogP contribution in [0.15, 0.2) is 18.2 Å². The number of hydrogen-bond acceptors (Lipinski definition) is 5. The van der Waals surface area contributed by atoms with Crippen LogP contribution < -0.4 is 4.74 Å². The molecule has 3 aliphatic rings. The van der Waals surface area contributed by atoms with Gasteiger partial charge in [-0.05, 0) is 97.8 Å². The Morgan fingerprint density at radius 1 is 1.00 bits per heavy atom. The fourth-order valence-corrected chi connectivity index (χ4v) is 7.35. The normalized spacial score (nSPS) is 33.5. The zero-order valence-electron chi connectivity index (χ0n) is 22.1. The van der Waals surface area contributed by atoms with Gasteiger partial charge in [0.15, 0.2) is 12.6 Å². The van der Waals surface area contributed by atoms with Crippen LogP contribution in [-0.4, -0.2) is 40.1 Å². The van der Waals surface area contributed by atoms with Crippen LogP contribution in [-0.2, 0) is 11.2 Å². The third-order valence-electron chi connectivity index (χ3n) is 9.36. The van der Waals surface area contributed by atoms with Crippen molar-refractivity contribution < 1.29 is 24.8 Å². The molecule has 4 rings (SSSR count). The highest BCUT2D eigenvalue weighted by Crippen LogP contribution is 2.61. The molecule has 0 spiro atoms. The number of ether oxygens (including phenoxy) is 2. The van der Waals surface area contributed by atoms with E-state index in [1.165, 1.54) is 11.1 Å². The molecule has 2 saturated carbocycles. The van der Waals surface area contributed by atoms with Gasteiger partial charge in [0.2, 0.25) is 0 Å². The summed E-state index contributed by atoms with van der Waals surface area (Å²) in [6.45, 7) is 6.57. The van der Waals surface area contributed by atoms with E-state index in [1.54, 1.807) is 0 Å². The lowest BCUT2D eigenvalue weighted by Gasteiger charge is -2.49. The van der Waals surface area contributed by atoms with E-state index in [0.717, 1.165) is 76.4 Å². The van der Waals surface area contributed by atoms with Gasteiger partial charge in [0.05, 0.1) is 12.2 Å². The number of rotatable bonds is 12. The molecule has 0 saturated heterocycles. The molecule has 3 N–H and O–H groups in total. The Hall–Kier alpha value is -1.14. The van der Waals surface area contributed by atoms with E-state index in [1.807, 2.05) is 6.07 Å². The topological polar surface area (TPSA) is 79.2 Å². The van der Waals surface area contributed by atoms with Crippen molar-refractivity contribution in [2.24, 2.45) is 17.3 Å². The monoisotopic (exact) mass is 488 g/mol. The fraction of sp³-hybridized carbons (Fsp3) is 0.800. The molecule has 2 unspecified atom stereocenters. The van der Waals surface area contributed by atoms with Gasteiger partial charge in [-0.3, -0.25) is 0 Å². The van der Waals surface area contributed by atoms with Gasteiger partial charge in [-0.25, -0.2) is 0 Å². The SMILES string of the molecule is CCCCCC(O)Oc1ccc2c(c1)CC[C@@H]1[C@@H]2CC[C@]2(C)[C@@H](O)[C@H](OC(O)CCCCC)C[C@@H]12. The first kappa shape index (κ1) is 26.9. The van der Waals surface area contributed by atoms with E-state index < -0.39 is 18.7 Å². The molecule has 0 heterocycles. The first-order valence-electron chi connectivity index (χ1n) is 14.4. The maximum atomic E-state index is 11.3. The van der Waals surface area contributed by atoms with Gasteiger partial charge in [0.1, 0.15) is 5.75 Å². The molecule has 0 aromatic heterocycles. The summed E-state index contributed by atoms with van der Waals surface area (Å²) in [4.78, 5) is 0.